The minimum absolute atomic E-state index is 0.00552. The Balaban J connectivity index is 1.64. The van der Waals surface area contributed by atoms with Gasteiger partial charge in [-0.15, -0.1) is 0 Å². The molecule has 1 N–H and O–H groups in total. The van der Waals surface area contributed by atoms with Crippen molar-refractivity contribution in [3.63, 3.8) is 0 Å². The molecule has 2 aliphatic rings. The normalized spacial score (nSPS) is 17.4. The highest BCUT2D eigenvalue weighted by Gasteiger charge is 2.31. The number of nitrogens with zero attached hydrogens (tertiary/aromatic N) is 4. The van der Waals surface area contributed by atoms with Gasteiger partial charge in [0, 0.05) is 32.7 Å². The quantitative estimate of drug-likeness (QED) is 0.598. The van der Waals surface area contributed by atoms with E-state index in [9.17, 15) is 18.0 Å². The summed E-state index contributed by atoms with van der Waals surface area (Å²) in [4.78, 5) is 27.9. The topological polar surface area (TPSA) is 114 Å². The molecular formula is C22H27Cl2N5O5S. The molecule has 2 fully saturated rings. The minimum atomic E-state index is -3.90. The van der Waals surface area contributed by atoms with Crippen molar-refractivity contribution in [3.05, 3.63) is 39.6 Å². The number of amides is 2. The molecular weight excluding hydrogens is 517 g/mol. The molecule has 2 aromatic rings. The maximum absolute atomic E-state index is 13.2. The third-order valence-corrected chi connectivity index (χ3v) is 8.76. The van der Waals surface area contributed by atoms with Gasteiger partial charge in [0.1, 0.15) is 10.6 Å². The van der Waals surface area contributed by atoms with Crippen LogP contribution in [0.5, 0.6) is 0 Å². The van der Waals surface area contributed by atoms with Crippen LogP contribution in [-0.4, -0.2) is 78.6 Å². The molecule has 0 atom stereocenters. The molecule has 0 spiro atoms. The zero-order valence-electron chi connectivity index (χ0n) is 19.3. The number of aryl methyl sites for hydroxylation is 1. The van der Waals surface area contributed by atoms with Crippen LogP contribution in [0, 0.1) is 0 Å². The Labute approximate surface area is 214 Å². The minimum Gasteiger partial charge on any atom is -0.378 e. The molecule has 0 radical (unpaired) electrons. The van der Waals surface area contributed by atoms with Gasteiger partial charge in [-0.3, -0.25) is 14.3 Å². The highest BCUT2D eigenvalue weighted by atomic mass is 35.5. The third-order valence-electron chi connectivity index (χ3n) is 6.09. The number of hydrogen-bond acceptors (Lipinski definition) is 6. The molecule has 2 saturated heterocycles. The second-order valence-corrected chi connectivity index (χ2v) is 11.0. The zero-order chi connectivity index (χ0) is 25.2. The van der Waals surface area contributed by atoms with Gasteiger partial charge in [0.25, 0.3) is 11.8 Å². The van der Waals surface area contributed by atoms with Gasteiger partial charge in [-0.1, -0.05) is 29.6 Å². The number of carbonyl (C=O) groups excluding carboxylic acids is 2. The second-order valence-electron chi connectivity index (χ2n) is 8.31. The van der Waals surface area contributed by atoms with Gasteiger partial charge in [-0.25, -0.2) is 8.42 Å². The Morgan fingerprint density at radius 3 is 2.40 bits per heavy atom. The van der Waals surface area contributed by atoms with E-state index in [-0.39, 0.29) is 37.8 Å². The number of benzene rings is 1. The van der Waals surface area contributed by atoms with Crippen molar-refractivity contribution >= 4 is 50.7 Å². The van der Waals surface area contributed by atoms with Crippen LogP contribution in [0.25, 0.3) is 0 Å². The van der Waals surface area contributed by atoms with Crippen LogP contribution in [0.15, 0.2) is 23.2 Å². The van der Waals surface area contributed by atoms with Gasteiger partial charge in [0.05, 0.1) is 40.7 Å². The number of sulfonamides is 1. The molecule has 3 heterocycles. The Bertz CT molecular complexity index is 1220. The fourth-order valence-corrected chi connectivity index (χ4v) is 6.54. The second kappa shape index (κ2) is 10.8. The molecule has 0 saturated carbocycles. The van der Waals surface area contributed by atoms with Crippen molar-refractivity contribution < 1.29 is 22.7 Å². The number of ether oxygens (including phenoxy) is 1. The summed E-state index contributed by atoms with van der Waals surface area (Å²) >= 11 is 12.5. The molecule has 0 bridgehead atoms. The number of morpholine rings is 1. The van der Waals surface area contributed by atoms with Gasteiger partial charge >= 0.3 is 0 Å². The molecule has 190 valence electrons. The summed E-state index contributed by atoms with van der Waals surface area (Å²) in [6.07, 6.45) is 3.88. The van der Waals surface area contributed by atoms with E-state index >= 15 is 0 Å². The fourth-order valence-electron chi connectivity index (χ4n) is 4.19. The molecule has 2 amide bonds. The van der Waals surface area contributed by atoms with E-state index in [1.165, 1.54) is 27.3 Å². The van der Waals surface area contributed by atoms with Crippen molar-refractivity contribution in [3.8, 4) is 0 Å². The lowest BCUT2D eigenvalue weighted by Crippen LogP contribution is -2.41. The van der Waals surface area contributed by atoms with Gasteiger partial charge < -0.3 is 15.0 Å². The summed E-state index contributed by atoms with van der Waals surface area (Å²) in [5.41, 5.74) is 0.370. The van der Waals surface area contributed by atoms with Crippen LogP contribution >= 0.6 is 23.2 Å². The lowest BCUT2D eigenvalue weighted by Gasteiger charge is -2.27. The van der Waals surface area contributed by atoms with E-state index < -0.39 is 15.9 Å². The number of anilines is 1. The number of nitrogens with one attached hydrogen (secondary N) is 1. The number of carbonyl (C=O) groups is 2. The number of aromatic nitrogens is 2. The molecule has 0 unspecified atom stereocenters. The van der Waals surface area contributed by atoms with Crippen molar-refractivity contribution in [1.29, 1.82) is 0 Å². The number of halogens is 2. The van der Waals surface area contributed by atoms with Crippen LogP contribution in [0.2, 0.25) is 10.0 Å². The first kappa shape index (κ1) is 25.9. The van der Waals surface area contributed by atoms with Crippen LogP contribution < -0.4 is 5.32 Å². The summed E-state index contributed by atoms with van der Waals surface area (Å²) in [5.74, 6) is -0.952. The van der Waals surface area contributed by atoms with Gasteiger partial charge in [-0.05, 0) is 31.9 Å². The standard InChI is InChI=1S/C22H27Cl2N5O5S/c1-2-29-20(22(31)27-8-10-34-11-9-27)18(14-25-29)26-21(30)15-12-19(17(24)13-16(15)23)35(32,33)28-6-4-3-5-7-28/h12-14H,2-11H2,1H3,(H,26,30). The lowest BCUT2D eigenvalue weighted by atomic mass is 10.2. The van der Waals surface area contributed by atoms with E-state index in [2.05, 4.69) is 10.4 Å². The molecule has 10 nitrogen and oxygen atoms in total. The van der Waals surface area contributed by atoms with Crippen molar-refractivity contribution in [2.45, 2.75) is 37.6 Å². The van der Waals surface area contributed by atoms with E-state index in [1.54, 1.807) is 4.90 Å². The maximum Gasteiger partial charge on any atom is 0.274 e. The van der Waals surface area contributed by atoms with Crippen LogP contribution in [0.4, 0.5) is 5.69 Å². The predicted octanol–water partition coefficient (Wildman–Crippen LogP) is 3.11. The highest BCUT2D eigenvalue weighted by Crippen LogP contribution is 2.32. The SMILES string of the molecule is CCn1ncc(NC(=O)c2cc(S(=O)(=O)N3CCCCC3)c(Cl)cc2Cl)c1C(=O)N1CCOCC1. The van der Waals surface area contributed by atoms with Crippen LogP contribution in [0.3, 0.4) is 0 Å². The Morgan fingerprint density at radius 1 is 1.06 bits per heavy atom. The molecule has 35 heavy (non-hydrogen) atoms. The molecule has 13 heteroatoms. The highest BCUT2D eigenvalue weighted by molar-refractivity contribution is 7.89. The van der Waals surface area contributed by atoms with Crippen molar-refractivity contribution in [2.24, 2.45) is 0 Å². The number of piperidine rings is 1. The summed E-state index contributed by atoms with van der Waals surface area (Å²) in [5, 5.41) is 6.84. The smallest absolute Gasteiger partial charge is 0.274 e. The molecule has 1 aromatic heterocycles. The molecule has 4 rings (SSSR count). The monoisotopic (exact) mass is 543 g/mol. The van der Waals surface area contributed by atoms with Crippen LogP contribution in [0.1, 0.15) is 47.0 Å². The molecule has 0 aliphatic carbocycles. The lowest BCUT2D eigenvalue weighted by molar-refractivity contribution is 0.0295. The Morgan fingerprint density at radius 2 is 1.74 bits per heavy atom. The van der Waals surface area contributed by atoms with E-state index in [0.717, 1.165) is 19.3 Å². The van der Waals surface area contributed by atoms with Gasteiger partial charge in [-0.2, -0.15) is 9.40 Å². The first-order chi connectivity index (χ1) is 16.7. The number of hydrogen-bond donors (Lipinski definition) is 1. The maximum atomic E-state index is 13.2. The summed E-state index contributed by atoms with van der Waals surface area (Å²) in [7, 11) is -3.90. The fraction of sp³-hybridized carbons (Fsp3) is 0.500. The van der Waals surface area contributed by atoms with Crippen molar-refractivity contribution in [1.82, 2.24) is 19.0 Å². The van der Waals surface area contributed by atoms with E-state index in [1.807, 2.05) is 6.92 Å². The van der Waals surface area contributed by atoms with Gasteiger partial charge in [0.15, 0.2) is 0 Å². The third kappa shape index (κ3) is 5.34. The van der Waals surface area contributed by atoms with Crippen molar-refractivity contribution in [2.75, 3.05) is 44.7 Å². The summed E-state index contributed by atoms with van der Waals surface area (Å²) in [6.45, 7) is 4.77. The van der Waals surface area contributed by atoms with Crippen LogP contribution in [-0.2, 0) is 21.3 Å². The first-order valence-electron chi connectivity index (χ1n) is 11.5. The van der Waals surface area contributed by atoms with Gasteiger partial charge in [0.2, 0.25) is 10.0 Å². The van der Waals surface area contributed by atoms with E-state index in [0.29, 0.717) is 45.9 Å². The number of rotatable bonds is 6. The summed E-state index contributed by atoms with van der Waals surface area (Å²) in [6, 6.07) is 2.45. The Hall–Kier alpha value is -2.18. The largest absolute Gasteiger partial charge is 0.378 e. The zero-order valence-corrected chi connectivity index (χ0v) is 21.6. The Kier molecular flexibility index (Phi) is 8.02. The predicted molar refractivity (Wildman–Crippen MR) is 132 cm³/mol. The first-order valence-corrected chi connectivity index (χ1v) is 13.7. The average molecular weight is 544 g/mol. The molecule has 1 aromatic carbocycles. The molecule has 2 aliphatic heterocycles. The summed E-state index contributed by atoms with van der Waals surface area (Å²) < 4.78 is 34.6. The van der Waals surface area contributed by atoms with E-state index in [4.69, 9.17) is 27.9 Å². The average Bonchev–Trinajstić information content (AvgIpc) is 3.26.